The van der Waals surface area contributed by atoms with Crippen molar-refractivity contribution in [1.82, 2.24) is 10.2 Å². The van der Waals surface area contributed by atoms with Crippen molar-refractivity contribution in [1.29, 1.82) is 0 Å². The SMILES string of the molecule is CCc1ccccc1NC(=O)CN1C(=O)N/C(=C/c2ccc(OCc3cccc(C)c3)cc2)C1=O. The van der Waals surface area contributed by atoms with E-state index in [1.54, 1.807) is 36.4 Å². The predicted octanol–water partition coefficient (Wildman–Crippen LogP) is 4.67. The summed E-state index contributed by atoms with van der Waals surface area (Å²) in [4.78, 5) is 38.5. The summed E-state index contributed by atoms with van der Waals surface area (Å²) in [5.74, 6) is -0.291. The largest absolute Gasteiger partial charge is 0.489 e. The highest BCUT2D eigenvalue weighted by molar-refractivity contribution is 6.16. The van der Waals surface area contributed by atoms with Gasteiger partial charge in [-0.3, -0.25) is 9.59 Å². The first-order valence-corrected chi connectivity index (χ1v) is 11.4. The average molecular weight is 470 g/mol. The van der Waals surface area contributed by atoms with Crippen molar-refractivity contribution in [2.45, 2.75) is 26.9 Å². The molecule has 4 amide bonds. The maximum absolute atomic E-state index is 12.8. The van der Waals surface area contributed by atoms with E-state index in [1.807, 2.05) is 50.2 Å². The lowest BCUT2D eigenvalue weighted by Gasteiger charge is -2.13. The minimum Gasteiger partial charge on any atom is -0.489 e. The van der Waals surface area contributed by atoms with Crippen LogP contribution in [0, 0.1) is 6.92 Å². The van der Waals surface area contributed by atoms with Crippen LogP contribution in [0.4, 0.5) is 10.5 Å². The Morgan fingerprint density at radius 2 is 1.80 bits per heavy atom. The van der Waals surface area contributed by atoms with Crippen molar-refractivity contribution in [3.8, 4) is 5.75 Å². The Balaban J connectivity index is 1.36. The molecule has 3 aromatic carbocycles. The minimum atomic E-state index is -0.627. The average Bonchev–Trinajstić information content (AvgIpc) is 3.11. The Bertz CT molecular complexity index is 1280. The number of amides is 4. The van der Waals surface area contributed by atoms with Gasteiger partial charge in [-0.15, -0.1) is 0 Å². The predicted molar refractivity (Wildman–Crippen MR) is 135 cm³/mol. The second-order valence-corrected chi connectivity index (χ2v) is 8.29. The summed E-state index contributed by atoms with van der Waals surface area (Å²) < 4.78 is 5.83. The van der Waals surface area contributed by atoms with Crippen LogP contribution < -0.4 is 15.4 Å². The van der Waals surface area contributed by atoms with Gasteiger partial charge >= 0.3 is 6.03 Å². The van der Waals surface area contributed by atoms with E-state index in [-0.39, 0.29) is 12.2 Å². The number of hydrogen-bond acceptors (Lipinski definition) is 4. The number of carbonyl (C=O) groups is 3. The molecule has 2 N–H and O–H groups in total. The molecular weight excluding hydrogens is 442 g/mol. The van der Waals surface area contributed by atoms with E-state index in [4.69, 9.17) is 4.74 Å². The molecule has 1 aliphatic heterocycles. The molecule has 1 aliphatic rings. The van der Waals surface area contributed by atoms with Crippen molar-refractivity contribution >= 4 is 29.6 Å². The summed E-state index contributed by atoms with van der Waals surface area (Å²) in [5.41, 5.74) is 4.74. The Labute approximate surface area is 204 Å². The summed E-state index contributed by atoms with van der Waals surface area (Å²) in [5, 5.41) is 5.33. The summed E-state index contributed by atoms with van der Waals surface area (Å²) in [6, 6.07) is 22.1. The molecule has 0 atom stereocenters. The first-order chi connectivity index (χ1) is 16.9. The molecule has 0 unspecified atom stereocenters. The Morgan fingerprint density at radius 3 is 2.54 bits per heavy atom. The summed E-state index contributed by atoms with van der Waals surface area (Å²) in [7, 11) is 0. The third-order valence-electron chi connectivity index (χ3n) is 5.62. The molecule has 1 saturated heterocycles. The molecule has 0 saturated carbocycles. The van der Waals surface area contributed by atoms with Crippen LogP contribution in [0.1, 0.15) is 29.2 Å². The standard InChI is InChI=1S/C28H27N3O4/c1-3-22-9-4-5-10-24(22)29-26(32)17-31-27(33)25(30-28(31)34)16-20-11-13-23(14-12-20)35-18-21-8-6-7-19(2)15-21/h4-16H,3,17-18H2,1-2H3,(H,29,32)(H,30,34)/b25-16+. The number of para-hydroxylation sites is 1. The zero-order valence-electron chi connectivity index (χ0n) is 19.7. The first-order valence-electron chi connectivity index (χ1n) is 11.4. The molecule has 7 heteroatoms. The van der Waals surface area contributed by atoms with Crippen LogP contribution in [-0.2, 0) is 22.6 Å². The molecule has 4 rings (SSSR count). The van der Waals surface area contributed by atoms with Gasteiger partial charge < -0.3 is 15.4 Å². The van der Waals surface area contributed by atoms with Gasteiger partial charge in [0.15, 0.2) is 0 Å². The molecule has 0 bridgehead atoms. The first kappa shape index (κ1) is 23.8. The van der Waals surface area contributed by atoms with Gasteiger partial charge in [-0.2, -0.15) is 0 Å². The van der Waals surface area contributed by atoms with Crippen LogP contribution in [0.5, 0.6) is 5.75 Å². The number of nitrogens with zero attached hydrogens (tertiary/aromatic N) is 1. The molecule has 35 heavy (non-hydrogen) atoms. The summed E-state index contributed by atoms with van der Waals surface area (Å²) in [6.07, 6.45) is 2.33. The van der Waals surface area contributed by atoms with Gasteiger partial charge in [-0.25, -0.2) is 9.69 Å². The van der Waals surface area contributed by atoms with Crippen molar-refractivity contribution in [2.24, 2.45) is 0 Å². The molecule has 0 aromatic heterocycles. The van der Waals surface area contributed by atoms with Crippen molar-refractivity contribution in [2.75, 3.05) is 11.9 Å². The fraction of sp³-hybridized carbons (Fsp3) is 0.179. The van der Waals surface area contributed by atoms with E-state index in [0.29, 0.717) is 18.0 Å². The third-order valence-corrected chi connectivity index (χ3v) is 5.62. The van der Waals surface area contributed by atoms with Crippen molar-refractivity contribution in [3.05, 3.63) is 101 Å². The number of imide groups is 1. The number of nitrogens with one attached hydrogen (secondary N) is 2. The highest BCUT2D eigenvalue weighted by Crippen LogP contribution is 2.19. The van der Waals surface area contributed by atoms with Gasteiger partial charge in [0.25, 0.3) is 5.91 Å². The summed E-state index contributed by atoms with van der Waals surface area (Å²) >= 11 is 0. The topological polar surface area (TPSA) is 87.7 Å². The number of rotatable bonds is 8. The quantitative estimate of drug-likeness (QED) is 0.371. The highest BCUT2D eigenvalue weighted by atomic mass is 16.5. The van der Waals surface area contributed by atoms with Gasteiger partial charge in [0, 0.05) is 5.69 Å². The normalized spacial score (nSPS) is 14.2. The second kappa shape index (κ2) is 10.7. The van der Waals surface area contributed by atoms with Crippen LogP contribution in [-0.4, -0.2) is 29.3 Å². The van der Waals surface area contributed by atoms with Gasteiger partial charge in [0.1, 0.15) is 24.6 Å². The van der Waals surface area contributed by atoms with Gasteiger partial charge in [-0.05, 0) is 54.3 Å². The van der Waals surface area contributed by atoms with E-state index in [9.17, 15) is 14.4 Å². The second-order valence-electron chi connectivity index (χ2n) is 8.29. The van der Waals surface area contributed by atoms with Crippen LogP contribution in [0.2, 0.25) is 0 Å². The number of hydrogen-bond donors (Lipinski definition) is 2. The number of urea groups is 1. The van der Waals surface area contributed by atoms with E-state index in [2.05, 4.69) is 16.7 Å². The van der Waals surface area contributed by atoms with Crippen LogP contribution in [0.3, 0.4) is 0 Å². The molecule has 178 valence electrons. The van der Waals surface area contributed by atoms with Crippen LogP contribution in [0.15, 0.2) is 78.5 Å². The fourth-order valence-electron chi connectivity index (χ4n) is 3.79. The molecule has 3 aromatic rings. The van der Waals surface area contributed by atoms with Crippen molar-refractivity contribution < 1.29 is 19.1 Å². The minimum absolute atomic E-state index is 0.116. The maximum atomic E-state index is 12.8. The van der Waals surface area contributed by atoms with Gasteiger partial charge in [0.2, 0.25) is 5.91 Å². The molecular formula is C28H27N3O4. The molecule has 0 radical (unpaired) electrons. The summed E-state index contributed by atoms with van der Waals surface area (Å²) in [6.45, 7) is 4.11. The molecule has 1 heterocycles. The van der Waals surface area contributed by atoms with Gasteiger partial charge in [-0.1, -0.05) is 67.1 Å². The Hall–Kier alpha value is -4.39. The zero-order chi connectivity index (χ0) is 24.8. The van der Waals surface area contributed by atoms with E-state index in [1.165, 1.54) is 5.56 Å². The molecule has 1 fully saturated rings. The lowest BCUT2D eigenvalue weighted by atomic mass is 10.1. The highest BCUT2D eigenvalue weighted by Gasteiger charge is 2.35. The number of carbonyl (C=O) groups excluding carboxylic acids is 3. The van der Waals surface area contributed by atoms with E-state index in [0.717, 1.165) is 28.0 Å². The van der Waals surface area contributed by atoms with E-state index < -0.39 is 17.8 Å². The molecule has 0 aliphatic carbocycles. The Morgan fingerprint density at radius 1 is 1.03 bits per heavy atom. The fourth-order valence-corrected chi connectivity index (χ4v) is 3.79. The zero-order valence-corrected chi connectivity index (χ0v) is 19.7. The smallest absolute Gasteiger partial charge is 0.329 e. The lowest BCUT2D eigenvalue weighted by molar-refractivity contribution is -0.127. The van der Waals surface area contributed by atoms with Crippen molar-refractivity contribution in [3.63, 3.8) is 0 Å². The Kier molecular flexibility index (Phi) is 7.26. The van der Waals surface area contributed by atoms with Crippen LogP contribution >= 0.6 is 0 Å². The number of anilines is 1. The number of ether oxygens (including phenoxy) is 1. The monoisotopic (exact) mass is 469 g/mol. The van der Waals surface area contributed by atoms with Gasteiger partial charge in [0.05, 0.1) is 0 Å². The van der Waals surface area contributed by atoms with Crippen LogP contribution in [0.25, 0.3) is 6.08 Å². The maximum Gasteiger partial charge on any atom is 0.329 e. The molecule has 7 nitrogen and oxygen atoms in total. The lowest BCUT2D eigenvalue weighted by Crippen LogP contribution is -2.38. The third kappa shape index (κ3) is 5.95. The molecule has 0 spiro atoms. The van der Waals surface area contributed by atoms with E-state index >= 15 is 0 Å². The number of aryl methyl sites for hydroxylation is 2. The number of benzene rings is 3.